The van der Waals surface area contributed by atoms with Gasteiger partial charge in [0.05, 0.1) is 4.90 Å². The van der Waals surface area contributed by atoms with Crippen LogP contribution in [0.15, 0.2) is 53.4 Å². The van der Waals surface area contributed by atoms with Crippen molar-refractivity contribution < 1.29 is 13.2 Å². The Bertz CT molecular complexity index is 1020. The van der Waals surface area contributed by atoms with Gasteiger partial charge < -0.3 is 9.80 Å². The van der Waals surface area contributed by atoms with E-state index in [0.29, 0.717) is 25.4 Å². The fraction of sp³-hybridized carbons (Fsp3) is 0.458. The molecule has 1 N–H and O–H groups in total. The maximum atomic E-state index is 12.7. The number of anilines is 1. The van der Waals surface area contributed by atoms with Crippen LogP contribution in [0.5, 0.6) is 0 Å². The number of amides is 1. The van der Waals surface area contributed by atoms with Gasteiger partial charge in [0, 0.05) is 32.2 Å². The second-order valence-corrected chi connectivity index (χ2v) is 10.4. The van der Waals surface area contributed by atoms with Crippen molar-refractivity contribution in [2.45, 2.75) is 37.5 Å². The Morgan fingerprint density at radius 3 is 2.52 bits per heavy atom. The summed E-state index contributed by atoms with van der Waals surface area (Å²) in [4.78, 5) is 16.0. The highest BCUT2D eigenvalue weighted by molar-refractivity contribution is 7.89. The quantitative estimate of drug-likeness (QED) is 0.717. The summed E-state index contributed by atoms with van der Waals surface area (Å²) >= 11 is 0. The number of hydrogen-bond acceptors (Lipinski definition) is 4. The molecule has 2 aliphatic heterocycles. The van der Waals surface area contributed by atoms with Crippen molar-refractivity contribution in [2.75, 3.05) is 37.6 Å². The van der Waals surface area contributed by atoms with Crippen molar-refractivity contribution in [1.29, 1.82) is 0 Å². The molecular formula is C24H31N3O3S. The topological polar surface area (TPSA) is 69.7 Å². The van der Waals surface area contributed by atoms with Gasteiger partial charge in [0.2, 0.25) is 15.9 Å². The molecule has 7 heteroatoms. The number of rotatable bonds is 7. The van der Waals surface area contributed by atoms with Crippen molar-refractivity contribution in [1.82, 2.24) is 9.62 Å². The largest absolute Gasteiger partial charge is 0.312 e. The third-order valence-corrected chi connectivity index (χ3v) is 7.89. The molecule has 1 fully saturated rings. The summed E-state index contributed by atoms with van der Waals surface area (Å²) in [5.41, 5.74) is 3.14. The van der Waals surface area contributed by atoms with Gasteiger partial charge in [0.1, 0.15) is 0 Å². The van der Waals surface area contributed by atoms with E-state index in [4.69, 9.17) is 0 Å². The van der Waals surface area contributed by atoms with Gasteiger partial charge >= 0.3 is 0 Å². The zero-order chi connectivity index (χ0) is 21.8. The lowest BCUT2D eigenvalue weighted by Gasteiger charge is -2.32. The number of nitrogens with one attached hydrogen (secondary N) is 1. The molecule has 0 unspecified atom stereocenters. The molecule has 0 aliphatic carbocycles. The molecule has 31 heavy (non-hydrogen) atoms. The molecular weight excluding hydrogens is 410 g/mol. The van der Waals surface area contributed by atoms with Gasteiger partial charge in [-0.1, -0.05) is 30.3 Å². The second-order valence-electron chi connectivity index (χ2n) is 8.58. The van der Waals surface area contributed by atoms with Gasteiger partial charge in [-0.15, -0.1) is 0 Å². The number of benzene rings is 2. The van der Waals surface area contributed by atoms with Crippen LogP contribution in [0.3, 0.4) is 0 Å². The van der Waals surface area contributed by atoms with Crippen LogP contribution in [0.2, 0.25) is 0 Å². The second kappa shape index (κ2) is 9.51. The van der Waals surface area contributed by atoms with E-state index in [0.717, 1.165) is 50.1 Å². The molecule has 1 saturated heterocycles. The smallest absolute Gasteiger partial charge is 0.240 e. The third-order valence-electron chi connectivity index (χ3n) is 6.43. The summed E-state index contributed by atoms with van der Waals surface area (Å²) in [7, 11) is -3.55. The number of sulfonamides is 1. The Hall–Kier alpha value is -2.22. The minimum atomic E-state index is -3.55. The Balaban J connectivity index is 1.25. The van der Waals surface area contributed by atoms with Crippen LogP contribution in [-0.2, 0) is 27.7 Å². The number of likely N-dealkylation sites (tertiary alicyclic amines) is 1. The van der Waals surface area contributed by atoms with Crippen molar-refractivity contribution in [2.24, 2.45) is 5.92 Å². The standard InChI is InChI=1S/C24H31N3O3S/c1-19(28)27-15-11-22-18-23(7-8-24(22)27)31(29,30)25-12-16-26-13-9-21(10-14-26)17-20-5-3-2-4-6-20/h2-8,18,21,25H,9-17H2,1H3. The Labute approximate surface area is 185 Å². The summed E-state index contributed by atoms with van der Waals surface area (Å²) in [6.45, 7) is 5.30. The Morgan fingerprint density at radius 2 is 1.81 bits per heavy atom. The lowest BCUT2D eigenvalue weighted by Crippen LogP contribution is -2.39. The van der Waals surface area contributed by atoms with E-state index in [9.17, 15) is 13.2 Å². The minimum absolute atomic E-state index is 0.0139. The third kappa shape index (κ3) is 5.34. The molecule has 0 aromatic heterocycles. The van der Waals surface area contributed by atoms with Crippen molar-refractivity contribution in [3.05, 3.63) is 59.7 Å². The normalized spacial score (nSPS) is 17.6. The van der Waals surface area contributed by atoms with Crippen molar-refractivity contribution >= 4 is 21.6 Å². The van der Waals surface area contributed by atoms with E-state index >= 15 is 0 Å². The van der Waals surface area contributed by atoms with Crippen LogP contribution in [0.4, 0.5) is 5.69 Å². The molecule has 0 spiro atoms. The van der Waals surface area contributed by atoms with E-state index in [1.165, 1.54) is 12.5 Å². The van der Waals surface area contributed by atoms with Crippen LogP contribution >= 0.6 is 0 Å². The zero-order valence-electron chi connectivity index (χ0n) is 18.1. The number of fused-ring (bicyclic) bond motifs is 1. The van der Waals surface area contributed by atoms with Crippen molar-refractivity contribution in [3.8, 4) is 0 Å². The molecule has 2 aliphatic rings. The van der Waals surface area contributed by atoms with Gasteiger partial charge in [-0.2, -0.15) is 0 Å². The lowest BCUT2D eigenvalue weighted by molar-refractivity contribution is -0.116. The van der Waals surface area contributed by atoms with Crippen LogP contribution < -0.4 is 9.62 Å². The van der Waals surface area contributed by atoms with Gasteiger partial charge in [-0.25, -0.2) is 13.1 Å². The molecule has 166 valence electrons. The Morgan fingerprint density at radius 1 is 1.06 bits per heavy atom. The van der Waals surface area contributed by atoms with Crippen LogP contribution in [0.25, 0.3) is 0 Å². The van der Waals surface area contributed by atoms with Gasteiger partial charge in [0.15, 0.2) is 0 Å². The van der Waals surface area contributed by atoms with E-state index in [-0.39, 0.29) is 10.8 Å². The SMILES string of the molecule is CC(=O)N1CCc2cc(S(=O)(=O)NCCN3CCC(Cc4ccccc4)CC3)ccc21. The minimum Gasteiger partial charge on any atom is -0.312 e. The Kier molecular flexibility index (Phi) is 6.74. The summed E-state index contributed by atoms with van der Waals surface area (Å²) < 4.78 is 28.2. The molecule has 2 aromatic carbocycles. The monoisotopic (exact) mass is 441 g/mol. The fourth-order valence-electron chi connectivity index (χ4n) is 4.66. The fourth-order valence-corrected chi connectivity index (χ4v) is 5.73. The van der Waals surface area contributed by atoms with E-state index < -0.39 is 10.0 Å². The van der Waals surface area contributed by atoms with Gasteiger partial charge in [-0.05, 0) is 74.0 Å². The first-order chi connectivity index (χ1) is 14.9. The number of carbonyl (C=O) groups is 1. The summed E-state index contributed by atoms with van der Waals surface area (Å²) in [5, 5.41) is 0. The van der Waals surface area contributed by atoms with E-state index in [2.05, 4.69) is 40.0 Å². The highest BCUT2D eigenvalue weighted by atomic mass is 32.2. The molecule has 0 atom stereocenters. The summed E-state index contributed by atoms with van der Waals surface area (Å²) in [6.07, 6.45) is 4.12. The average molecular weight is 442 g/mol. The lowest BCUT2D eigenvalue weighted by atomic mass is 9.90. The molecule has 4 rings (SSSR count). The molecule has 2 heterocycles. The zero-order valence-corrected chi connectivity index (χ0v) is 18.9. The molecule has 1 amide bonds. The molecule has 0 radical (unpaired) electrons. The highest BCUT2D eigenvalue weighted by Crippen LogP contribution is 2.30. The summed E-state index contributed by atoms with van der Waals surface area (Å²) in [5.74, 6) is 0.691. The van der Waals surface area contributed by atoms with Gasteiger partial charge in [0.25, 0.3) is 0 Å². The molecule has 2 aromatic rings. The first kappa shape index (κ1) is 22.0. The number of carbonyl (C=O) groups excluding carboxylic acids is 1. The van der Waals surface area contributed by atoms with E-state index in [1.54, 1.807) is 23.1 Å². The summed E-state index contributed by atoms with van der Waals surface area (Å²) in [6, 6.07) is 15.7. The molecule has 6 nitrogen and oxygen atoms in total. The molecule has 0 saturated carbocycles. The number of hydrogen-bond donors (Lipinski definition) is 1. The maximum Gasteiger partial charge on any atom is 0.240 e. The van der Waals surface area contributed by atoms with E-state index in [1.807, 2.05) is 0 Å². The van der Waals surface area contributed by atoms with Crippen molar-refractivity contribution in [3.63, 3.8) is 0 Å². The molecule has 0 bridgehead atoms. The van der Waals surface area contributed by atoms with Crippen LogP contribution in [0, 0.1) is 5.92 Å². The number of nitrogens with zero attached hydrogens (tertiary/aromatic N) is 2. The maximum absolute atomic E-state index is 12.7. The predicted molar refractivity (Wildman–Crippen MR) is 123 cm³/mol. The van der Waals surface area contributed by atoms with Crippen LogP contribution in [0.1, 0.15) is 30.9 Å². The highest BCUT2D eigenvalue weighted by Gasteiger charge is 2.25. The number of piperidine rings is 1. The van der Waals surface area contributed by atoms with Gasteiger partial charge in [-0.3, -0.25) is 4.79 Å². The first-order valence-electron chi connectivity index (χ1n) is 11.1. The first-order valence-corrected chi connectivity index (χ1v) is 12.6. The van der Waals surface area contributed by atoms with Crippen LogP contribution in [-0.4, -0.2) is 51.9 Å². The average Bonchev–Trinajstić information content (AvgIpc) is 3.19. The predicted octanol–water partition coefficient (Wildman–Crippen LogP) is 2.83.